The third-order valence-electron chi connectivity index (χ3n) is 2.55. The van der Waals surface area contributed by atoms with E-state index in [1.807, 2.05) is 13.8 Å². The average Bonchev–Trinajstić information content (AvgIpc) is 2.97. The minimum Gasteiger partial charge on any atom is -0.395 e. The Hall–Kier alpha value is 0.0969. The Labute approximate surface area is 94.4 Å². The Balaban J connectivity index is 2.11. The van der Waals surface area contributed by atoms with E-state index in [1.54, 1.807) is 0 Å². The normalized spacial score (nSPS) is 17.0. The van der Waals surface area contributed by atoms with Crippen molar-refractivity contribution < 1.29 is 13.6 Å². The van der Waals surface area contributed by atoms with Crippen LogP contribution in [0.2, 0.25) is 12.6 Å². The number of rotatable bonds is 9. The van der Waals surface area contributed by atoms with Gasteiger partial charge in [0.25, 0.3) is 0 Å². The molecule has 4 heteroatoms. The highest BCUT2D eigenvalue weighted by atomic mass is 28.4. The lowest BCUT2D eigenvalue weighted by Gasteiger charge is -2.25. The van der Waals surface area contributed by atoms with E-state index < -0.39 is 8.56 Å². The molecule has 0 aliphatic heterocycles. The van der Waals surface area contributed by atoms with Gasteiger partial charge in [-0.3, -0.25) is 0 Å². The summed E-state index contributed by atoms with van der Waals surface area (Å²) in [6.45, 7) is 8.60. The lowest BCUT2D eigenvalue weighted by molar-refractivity contribution is 0.115. The molecule has 0 unspecified atom stereocenters. The lowest BCUT2D eigenvalue weighted by atomic mass is 10.5. The second-order valence-electron chi connectivity index (χ2n) is 4.17. The monoisotopic (exact) mass is 232 g/mol. The molecule has 0 atom stereocenters. The molecule has 0 aromatic carbocycles. The number of ether oxygens (including phenoxy) is 1. The van der Waals surface area contributed by atoms with E-state index in [0.29, 0.717) is 6.10 Å². The standard InChI is InChI=1S/C11H24O3Si/c1-4-13-15(3,14-5-2)10-6-9-12-11-7-8-11/h11H,4-10H2,1-3H3. The Kier molecular flexibility index (Phi) is 5.82. The van der Waals surface area contributed by atoms with Gasteiger partial charge in [-0.2, -0.15) is 0 Å². The SMILES string of the molecule is CCO[Si](C)(CCCOC1CC1)OCC. The Morgan fingerprint density at radius 2 is 1.73 bits per heavy atom. The van der Waals surface area contributed by atoms with Crippen molar-refractivity contribution in [3.8, 4) is 0 Å². The fraction of sp³-hybridized carbons (Fsp3) is 1.00. The zero-order chi connectivity index (χ0) is 11.1. The zero-order valence-corrected chi connectivity index (χ0v) is 11.3. The van der Waals surface area contributed by atoms with Crippen LogP contribution >= 0.6 is 0 Å². The first-order valence-corrected chi connectivity index (χ1v) is 8.62. The van der Waals surface area contributed by atoms with Crippen LogP contribution < -0.4 is 0 Å². The molecule has 15 heavy (non-hydrogen) atoms. The van der Waals surface area contributed by atoms with Crippen LogP contribution in [-0.4, -0.2) is 34.5 Å². The summed E-state index contributed by atoms with van der Waals surface area (Å²) in [6.07, 6.45) is 4.15. The summed E-state index contributed by atoms with van der Waals surface area (Å²) < 4.78 is 17.1. The van der Waals surface area contributed by atoms with Crippen LogP contribution in [0.4, 0.5) is 0 Å². The van der Waals surface area contributed by atoms with Gasteiger partial charge in [0.1, 0.15) is 0 Å². The maximum atomic E-state index is 5.75. The van der Waals surface area contributed by atoms with E-state index in [-0.39, 0.29) is 0 Å². The van der Waals surface area contributed by atoms with Crippen molar-refractivity contribution in [2.24, 2.45) is 0 Å². The summed E-state index contributed by atoms with van der Waals surface area (Å²) in [4.78, 5) is 0. The zero-order valence-electron chi connectivity index (χ0n) is 10.3. The number of hydrogen-bond donors (Lipinski definition) is 0. The quantitative estimate of drug-likeness (QED) is 0.452. The smallest absolute Gasteiger partial charge is 0.334 e. The first-order chi connectivity index (χ1) is 7.20. The molecular weight excluding hydrogens is 208 g/mol. The Morgan fingerprint density at radius 1 is 1.13 bits per heavy atom. The molecule has 0 radical (unpaired) electrons. The molecule has 1 aliphatic carbocycles. The molecular formula is C11H24O3Si. The molecule has 1 saturated carbocycles. The summed E-state index contributed by atoms with van der Waals surface area (Å²) in [7, 11) is -1.88. The summed E-state index contributed by atoms with van der Waals surface area (Å²) in [6, 6.07) is 1.04. The van der Waals surface area contributed by atoms with Gasteiger partial charge in [0, 0.05) is 19.8 Å². The fourth-order valence-corrected chi connectivity index (χ4v) is 4.05. The first-order valence-electron chi connectivity index (χ1n) is 6.09. The van der Waals surface area contributed by atoms with Gasteiger partial charge in [-0.25, -0.2) is 0 Å². The fourth-order valence-electron chi connectivity index (χ4n) is 1.67. The molecule has 90 valence electrons. The van der Waals surface area contributed by atoms with Crippen LogP contribution in [0.5, 0.6) is 0 Å². The van der Waals surface area contributed by atoms with E-state index in [1.165, 1.54) is 12.8 Å². The van der Waals surface area contributed by atoms with E-state index in [9.17, 15) is 0 Å². The highest BCUT2D eigenvalue weighted by molar-refractivity contribution is 6.66. The molecule has 0 saturated heterocycles. The van der Waals surface area contributed by atoms with E-state index in [4.69, 9.17) is 13.6 Å². The Bertz CT molecular complexity index is 165. The largest absolute Gasteiger partial charge is 0.395 e. The van der Waals surface area contributed by atoms with Gasteiger partial charge in [0.05, 0.1) is 6.10 Å². The van der Waals surface area contributed by atoms with E-state index in [2.05, 4.69) is 6.55 Å². The van der Waals surface area contributed by atoms with Gasteiger partial charge in [-0.05, 0) is 45.7 Å². The summed E-state index contributed by atoms with van der Waals surface area (Å²) in [5.74, 6) is 0. The van der Waals surface area contributed by atoms with Gasteiger partial charge in [0.2, 0.25) is 0 Å². The van der Waals surface area contributed by atoms with Gasteiger partial charge in [-0.1, -0.05) is 0 Å². The predicted molar refractivity (Wildman–Crippen MR) is 63.3 cm³/mol. The van der Waals surface area contributed by atoms with Gasteiger partial charge in [0.15, 0.2) is 0 Å². The molecule has 3 nitrogen and oxygen atoms in total. The molecule has 0 amide bonds. The minimum absolute atomic E-state index is 0.567. The Morgan fingerprint density at radius 3 is 2.20 bits per heavy atom. The van der Waals surface area contributed by atoms with Gasteiger partial charge in [-0.15, -0.1) is 0 Å². The average molecular weight is 232 g/mol. The van der Waals surface area contributed by atoms with Crippen LogP contribution in [0.15, 0.2) is 0 Å². The second-order valence-corrected chi connectivity index (χ2v) is 7.52. The van der Waals surface area contributed by atoms with Crippen molar-refractivity contribution in [2.45, 2.75) is 51.8 Å². The van der Waals surface area contributed by atoms with Crippen molar-refractivity contribution in [3.05, 3.63) is 0 Å². The maximum Gasteiger partial charge on any atom is 0.334 e. The van der Waals surface area contributed by atoms with Crippen molar-refractivity contribution in [2.75, 3.05) is 19.8 Å². The van der Waals surface area contributed by atoms with E-state index in [0.717, 1.165) is 32.3 Å². The first kappa shape index (κ1) is 13.2. The minimum atomic E-state index is -1.88. The summed E-state index contributed by atoms with van der Waals surface area (Å²) >= 11 is 0. The van der Waals surface area contributed by atoms with Crippen molar-refractivity contribution in [1.29, 1.82) is 0 Å². The molecule has 1 fully saturated rings. The highest BCUT2D eigenvalue weighted by Gasteiger charge is 2.30. The maximum absolute atomic E-state index is 5.75. The molecule has 1 rings (SSSR count). The van der Waals surface area contributed by atoms with Gasteiger partial charge >= 0.3 is 8.56 Å². The van der Waals surface area contributed by atoms with Crippen LogP contribution in [0.1, 0.15) is 33.1 Å². The molecule has 0 N–H and O–H groups in total. The topological polar surface area (TPSA) is 27.7 Å². The summed E-state index contributed by atoms with van der Waals surface area (Å²) in [5.41, 5.74) is 0. The predicted octanol–water partition coefficient (Wildman–Crippen LogP) is 2.70. The molecule has 0 spiro atoms. The third-order valence-corrected chi connectivity index (χ3v) is 5.61. The van der Waals surface area contributed by atoms with Crippen molar-refractivity contribution in [1.82, 2.24) is 0 Å². The molecule has 1 aliphatic rings. The molecule has 0 aromatic rings. The van der Waals surface area contributed by atoms with Crippen LogP contribution in [0, 0.1) is 0 Å². The van der Waals surface area contributed by atoms with Crippen molar-refractivity contribution >= 4 is 8.56 Å². The second kappa shape index (κ2) is 6.63. The molecule has 0 aromatic heterocycles. The third kappa shape index (κ3) is 5.66. The van der Waals surface area contributed by atoms with E-state index >= 15 is 0 Å². The van der Waals surface area contributed by atoms with Crippen LogP contribution in [0.3, 0.4) is 0 Å². The van der Waals surface area contributed by atoms with Crippen LogP contribution in [-0.2, 0) is 13.6 Å². The van der Waals surface area contributed by atoms with Crippen molar-refractivity contribution in [3.63, 3.8) is 0 Å². The van der Waals surface area contributed by atoms with Gasteiger partial charge < -0.3 is 13.6 Å². The summed E-state index contributed by atoms with van der Waals surface area (Å²) in [5, 5.41) is 0. The lowest BCUT2D eigenvalue weighted by Crippen LogP contribution is -2.38. The highest BCUT2D eigenvalue weighted by Crippen LogP contribution is 2.24. The number of hydrogen-bond acceptors (Lipinski definition) is 3. The molecule has 0 bridgehead atoms. The molecule has 0 heterocycles. The van der Waals surface area contributed by atoms with Crippen LogP contribution in [0.25, 0.3) is 0 Å².